The van der Waals surface area contributed by atoms with Gasteiger partial charge in [0.2, 0.25) is 5.91 Å². The minimum Gasteiger partial charge on any atom is -0.481 e. The molecule has 0 aromatic rings. The van der Waals surface area contributed by atoms with Crippen molar-refractivity contribution in [3.05, 3.63) is 0 Å². The lowest BCUT2D eigenvalue weighted by molar-refractivity contribution is -0.155. The van der Waals surface area contributed by atoms with Crippen LogP contribution in [0, 0.1) is 5.41 Å². The predicted octanol–water partition coefficient (Wildman–Crippen LogP) is 0.827. The number of amides is 1. The highest BCUT2D eigenvalue weighted by Gasteiger charge is 2.42. The molecule has 1 rings (SSSR count). The molecule has 1 saturated heterocycles. The average molecular weight is 242 g/mol. The maximum Gasteiger partial charge on any atom is 0.311 e. The van der Waals surface area contributed by atoms with Gasteiger partial charge in [0.15, 0.2) is 0 Å². The van der Waals surface area contributed by atoms with Crippen LogP contribution in [0.25, 0.3) is 0 Å². The minimum atomic E-state index is -0.803. The van der Waals surface area contributed by atoms with Crippen LogP contribution in [0.2, 0.25) is 0 Å². The highest BCUT2D eigenvalue weighted by Crippen LogP contribution is 2.33. The lowest BCUT2D eigenvalue weighted by Crippen LogP contribution is -2.53. The van der Waals surface area contributed by atoms with Gasteiger partial charge in [-0.05, 0) is 25.7 Å². The summed E-state index contributed by atoms with van der Waals surface area (Å²) in [7, 11) is 0. The van der Waals surface area contributed by atoms with E-state index in [-0.39, 0.29) is 5.91 Å². The Balaban J connectivity index is 2.78. The van der Waals surface area contributed by atoms with Crippen LogP contribution >= 0.6 is 0 Å². The van der Waals surface area contributed by atoms with Gasteiger partial charge in [0, 0.05) is 13.1 Å². The number of piperidine rings is 1. The van der Waals surface area contributed by atoms with Crippen molar-refractivity contribution in [3.63, 3.8) is 0 Å². The molecule has 3 N–H and O–H groups in total. The smallest absolute Gasteiger partial charge is 0.311 e. The van der Waals surface area contributed by atoms with E-state index < -0.39 is 17.4 Å². The van der Waals surface area contributed by atoms with Crippen LogP contribution in [-0.4, -0.2) is 41.0 Å². The van der Waals surface area contributed by atoms with Crippen molar-refractivity contribution in [1.29, 1.82) is 0 Å². The fourth-order valence-corrected chi connectivity index (χ4v) is 2.34. The number of likely N-dealkylation sites (tertiary alicyclic amines) is 1. The van der Waals surface area contributed by atoms with E-state index in [1.165, 1.54) is 0 Å². The first-order valence-electron chi connectivity index (χ1n) is 6.24. The largest absolute Gasteiger partial charge is 0.481 e. The Labute approximate surface area is 102 Å². The van der Waals surface area contributed by atoms with Gasteiger partial charge >= 0.3 is 5.97 Å². The van der Waals surface area contributed by atoms with E-state index in [1.54, 1.807) is 4.90 Å². The molecule has 1 amide bonds. The Kier molecular flexibility index (Phi) is 4.51. The van der Waals surface area contributed by atoms with E-state index in [0.29, 0.717) is 32.4 Å². The van der Waals surface area contributed by atoms with E-state index in [9.17, 15) is 14.7 Å². The summed E-state index contributed by atoms with van der Waals surface area (Å²) in [4.78, 5) is 24.9. The van der Waals surface area contributed by atoms with Crippen LogP contribution in [0.5, 0.6) is 0 Å². The number of carboxylic acid groups (broad SMARTS) is 1. The quantitative estimate of drug-likeness (QED) is 0.764. The van der Waals surface area contributed by atoms with Crippen LogP contribution in [0.15, 0.2) is 0 Å². The van der Waals surface area contributed by atoms with Crippen molar-refractivity contribution in [2.45, 2.75) is 45.6 Å². The van der Waals surface area contributed by atoms with Crippen LogP contribution < -0.4 is 5.73 Å². The van der Waals surface area contributed by atoms with Crippen LogP contribution in [-0.2, 0) is 9.59 Å². The fourth-order valence-electron chi connectivity index (χ4n) is 2.34. The van der Waals surface area contributed by atoms with Crippen LogP contribution in [0.4, 0.5) is 0 Å². The topological polar surface area (TPSA) is 83.6 Å². The summed E-state index contributed by atoms with van der Waals surface area (Å²) in [5, 5.41) is 9.31. The second kappa shape index (κ2) is 5.49. The molecule has 1 fully saturated rings. The molecule has 5 nitrogen and oxygen atoms in total. The van der Waals surface area contributed by atoms with E-state index in [0.717, 1.165) is 6.42 Å². The van der Waals surface area contributed by atoms with Gasteiger partial charge in [0.25, 0.3) is 0 Å². The summed E-state index contributed by atoms with van der Waals surface area (Å²) in [5.74, 6) is -0.922. The van der Waals surface area contributed by atoms with E-state index in [2.05, 4.69) is 0 Å². The molecule has 0 spiro atoms. The third-order valence-corrected chi connectivity index (χ3v) is 3.78. The molecule has 0 aromatic carbocycles. The van der Waals surface area contributed by atoms with Gasteiger partial charge in [-0.25, -0.2) is 0 Å². The molecule has 2 unspecified atom stereocenters. The predicted molar refractivity (Wildman–Crippen MR) is 64.4 cm³/mol. The average Bonchev–Trinajstić information content (AvgIpc) is 2.36. The van der Waals surface area contributed by atoms with Gasteiger partial charge in [-0.2, -0.15) is 0 Å². The number of carboxylic acids is 1. The molecular formula is C12H22N2O3. The maximum absolute atomic E-state index is 12.0. The molecule has 1 aliphatic rings. The molecule has 0 aromatic heterocycles. The summed E-state index contributed by atoms with van der Waals surface area (Å²) in [6.07, 6.45) is 2.52. The zero-order valence-electron chi connectivity index (χ0n) is 10.6. The van der Waals surface area contributed by atoms with Gasteiger partial charge < -0.3 is 15.7 Å². The van der Waals surface area contributed by atoms with Gasteiger partial charge in [-0.15, -0.1) is 0 Å². The number of hydrogen-bond donors (Lipinski definition) is 2. The number of carbonyl (C=O) groups excluding carboxylic acids is 1. The Morgan fingerprint density at radius 3 is 2.59 bits per heavy atom. The van der Waals surface area contributed by atoms with Crippen molar-refractivity contribution in [2.24, 2.45) is 11.1 Å². The molecule has 0 saturated carbocycles. The first-order valence-corrected chi connectivity index (χ1v) is 6.24. The van der Waals surface area contributed by atoms with Crippen LogP contribution in [0.1, 0.15) is 39.5 Å². The standard InChI is InChI=1S/C12H22N2O3/c1-3-9(13)10(15)14-7-5-6-12(4-2,8-14)11(16)17/h9H,3-8,13H2,1-2H3,(H,16,17). The second-order valence-corrected chi connectivity index (χ2v) is 4.82. The summed E-state index contributed by atoms with van der Waals surface area (Å²) in [6.45, 7) is 4.64. The number of carbonyl (C=O) groups is 2. The van der Waals surface area contributed by atoms with Crippen molar-refractivity contribution < 1.29 is 14.7 Å². The number of nitrogens with two attached hydrogens (primary N) is 1. The molecule has 0 radical (unpaired) electrons. The highest BCUT2D eigenvalue weighted by molar-refractivity contribution is 5.83. The second-order valence-electron chi connectivity index (χ2n) is 4.82. The first-order chi connectivity index (χ1) is 7.96. The van der Waals surface area contributed by atoms with E-state index >= 15 is 0 Å². The van der Waals surface area contributed by atoms with E-state index in [1.807, 2.05) is 13.8 Å². The Morgan fingerprint density at radius 1 is 1.47 bits per heavy atom. The Bertz CT molecular complexity index is 306. The maximum atomic E-state index is 12.0. The summed E-state index contributed by atoms with van der Waals surface area (Å²) in [5.41, 5.74) is 4.94. The number of hydrogen-bond acceptors (Lipinski definition) is 3. The molecular weight excluding hydrogens is 220 g/mol. The SMILES string of the molecule is CCC(N)C(=O)N1CCCC(CC)(C(=O)O)C1. The molecule has 98 valence electrons. The molecule has 5 heteroatoms. The molecule has 1 aliphatic heterocycles. The van der Waals surface area contributed by atoms with Gasteiger partial charge in [-0.3, -0.25) is 9.59 Å². The first kappa shape index (κ1) is 14.0. The van der Waals surface area contributed by atoms with Crippen molar-refractivity contribution >= 4 is 11.9 Å². The Hall–Kier alpha value is -1.10. The molecule has 2 atom stereocenters. The van der Waals surface area contributed by atoms with Gasteiger partial charge in [-0.1, -0.05) is 13.8 Å². The zero-order valence-corrected chi connectivity index (χ0v) is 10.6. The fraction of sp³-hybridized carbons (Fsp3) is 0.833. The van der Waals surface area contributed by atoms with E-state index in [4.69, 9.17) is 5.73 Å². The van der Waals surface area contributed by atoms with Crippen molar-refractivity contribution in [2.75, 3.05) is 13.1 Å². The number of aliphatic carboxylic acids is 1. The summed E-state index contributed by atoms with van der Waals surface area (Å²) in [6, 6.07) is -0.503. The number of rotatable bonds is 4. The van der Waals surface area contributed by atoms with Gasteiger partial charge in [0.05, 0.1) is 11.5 Å². The molecule has 1 heterocycles. The third kappa shape index (κ3) is 2.77. The van der Waals surface area contributed by atoms with Crippen LogP contribution in [0.3, 0.4) is 0 Å². The molecule has 0 aliphatic carbocycles. The lowest BCUT2D eigenvalue weighted by Gasteiger charge is -2.40. The Morgan fingerprint density at radius 2 is 2.12 bits per heavy atom. The minimum absolute atomic E-state index is 0.119. The zero-order chi connectivity index (χ0) is 13.1. The van der Waals surface area contributed by atoms with Crippen molar-refractivity contribution in [3.8, 4) is 0 Å². The summed E-state index contributed by atoms with van der Waals surface area (Å²) < 4.78 is 0. The highest BCUT2D eigenvalue weighted by atomic mass is 16.4. The third-order valence-electron chi connectivity index (χ3n) is 3.78. The molecule has 0 bridgehead atoms. The van der Waals surface area contributed by atoms with Crippen molar-refractivity contribution in [1.82, 2.24) is 4.90 Å². The lowest BCUT2D eigenvalue weighted by atomic mass is 9.77. The monoisotopic (exact) mass is 242 g/mol. The number of nitrogens with zero attached hydrogens (tertiary/aromatic N) is 1. The summed E-state index contributed by atoms with van der Waals surface area (Å²) >= 11 is 0. The normalized spacial score (nSPS) is 26.6. The van der Waals surface area contributed by atoms with Gasteiger partial charge in [0.1, 0.15) is 0 Å². The molecule has 17 heavy (non-hydrogen) atoms.